The van der Waals surface area contributed by atoms with Gasteiger partial charge in [-0.15, -0.1) is 0 Å². The molecule has 0 aliphatic carbocycles. The first-order valence-corrected chi connectivity index (χ1v) is 6.52. The highest BCUT2D eigenvalue weighted by Crippen LogP contribution is 2.21. The fourth-order valence-corrected chi connectivity index (χ4v) is 1.79. The Morgan fingerprint density at radius 1 is 1.45 bits per heavy atom. The van der Waals surface area contributed by atoms with Crippen LogP contribution in [0.15, 0.2) is 0 Å². The molecule has 1 rings (SSSR count). The number of ether oxygens (including phenoxy) is 3. The van der Waals surface area contributed by atoms with Crippen molar-refractivity contribution in [3.05, 3.63) is 0 Å². The molecular weight excluding hydrogens is 279 g/mol. The van der Waals surface area contributed by atoms with Crippen molar-refractivity contribution in [1.29, 1.82) is 0 Å². The molecule has 0 radical (unpaired) electrons. The van der Waals surface area contributed by atoms with Crippen LogP contribution >= 0.6 is 0 Å². The predicted octanol–water partition coefficient (Wildman–Crippen LogP) is 1.39. The first-order valence-electron chi connectivity index (χ1n) is 6.52. The molecule has 1 aliphatic rings. The quantitative estimate of drug-likeness (QED) is 0.627. The van der Waals surface area contributed by atoms with E-state index in [0.29, 0.717) is 13.0 Å². The smallest absolute Gasteiger partial charge is 0.389 e. The number of nitrogens with two attached hydrogens (primary N) is 1. The number of halogens is 3. The van der Waals surface area contributed by atoms with Crippen molar-refractivity contribution in [2.75, 3.05) is 19.8 Å². The minimum Gasteiger partial charge on any atom is -0.459 e. The molecule has 1 saturated heterocycles. The zero-order valence-corrected chi connectivity index (χ0v) is 11.3. The SMILES string of the molecule is C[C@@H]1OC(=O)[C@@H](N)COCC[C@H]1OCCCC(F)(F)F. The molecule has 0 saturated carbocycles. The van der Waals surface area contributed by atoms with Crippen LogP contribution in [0.1, 0.15) is 26.2 Å². The van der Waals surface area contributed by atoms with Crippen LogP contribution in [-0.2, 0) is 19.0 Å². The molecule has 0 unspecified atom stereocenters. The summed E-state index contributed by atoms with van der Waals surface area (Å²) in [5.74, 6) is -0.594. The summed E-state index contributed by atoms with van der Waals surface area (Å²) in [4.78, 5) is 11.5. The Hall–Kier alpha value is -0.860. The number of esters is 1. The minimum atomic E-state index is -4.18. The van der Waals surface area contributed by atoms with Gasteiger partial charge < -0.3 is 19.9 Å². The Kier molecular flexibility index (Phi) is 6.70. The van der Waals surface area contributed by atoms with Crippen LogP contribution in [0.25, 0.3) is 0 Å². The van der Waals surface area contributed by atoms with Gasteiger partial charge in [-0.1, -0.05) is 0 Å². The lowest BCUT2D eigenvalue weighted by Crippen LogP contribution is -2.39. The molecule has 0 aromatic rings. The Bertz CT molecular complexity index is 312. The van der Waals surface area contributed by atoms with E-state index in [9.17, 15) is 18.0 Å². The van der Waals surface area contributed by atoms with Crippen LogP contribution in [0.5, 0.6) is 0 Å². The third-order valence-electron chi connectivity index (χ3n) is 2.91. The summed E-state index contributed by atoms with van der Waals surface area (Å²) in [7, 11) is 0. The van der Waals surface area contributed by atoms with Gasteiger partial charge in [-0.3, -0.25) is 4.79 Å². The summed E-state index contributed by atoms with van der Waals surface area (Å²) < 4.78 is 51.7. The molecule has 1 heterocycles. The van der Waals surface area contributed by atoms with Gasteiger partial charge in [0.25, 0.3) is 0 Å². The number of carbonyl (C=O) groups is 1. The minimum absolute atomic E-state index is 0.0435. The van der Waals surface area contributed by atoms with E-state index in [1.54, 1.807) is 6.92 Å². The van der Waals surface area contributed by atoms with E-state index in [4.69, 9.17) is 19.9 Å². The van der Waals surface area contributed by atoms with Crippen molar-refractivity contribution in [1.82, 2.24) is 0 Å². The van der Waals surface area contributed by atoms with Gasteiger partial charge in [0.2, 0.25) is 0 Å². The summed E-state index contributed by atoms with van der Waals surface area (Å²) in [6.07, 6.45) is -5.82. The maximum atomic E-state index is 12.0. The van der Waals surface area contributed by atoms with E-state index in [0.717, 1.165) is 0 Å². The lowest BCUT2D eigenvalue weighted by atomic mass is 10.1. The number of carbonyl (C=O) groups excluding carboxylic acids is 1. The second kappa shape index (κ2) is 7.80. The van der Waals surface area contributed by atoms with Gasteiger partial charge in [-0.2, -0.15) is 13.2 Å². The van der Waals surface area contributed by atoms with Crippen molar-refractivity contribution in [2.24, 2.45) is 5.73 Å². The zero-order valence-electron chi connectivity index (χ0n) is 11.3. The van der Waals surface area contributed by atoms with Crippen molar-refractivity contribution in [3.63, 3.8) is 0 Å². The third-order valence-corrected chi connectivity index (χ3v) is 2.91. The molecule has 20 heavy (non-hydrogen) atoms. The molecule has 1 fully saturated rings. The number of alkyl halides is 3. The van der Waals surface area contributed by atoms with Crippen LogP contribution < -0.4 is 5.73 Å². The normalized spacial score (nSPS) is 29.2. The summed E-state index contributed by atoms with van der Waals surface area (Å²) in [6, 6.07) is -0.846. The Balaban J connectivity index is 2.40. The lowest BCUT2D eigenvalue weighted by Gasteiger charge is -2.23. The fraction of sp³-hybridized carbons (Fsp3) is 0.917. The monoisotopic (exact) mass is 299 g/mol. The molecule has 0 aromatic heterocycles. The predicted molar refractivity (Wildman–Crippen MR) is 64.0 cm³/mol. The highest BCUT2D eigenvalue weighted by molar-refractivity contribution is 5.75. The van der Waals surface area contributed by atoms with Crippen LogP contribution in [0, 0.1) is 0 Å². The largest absolute Gasteiger partial charge is 0.459 e. The first-order chi connectivity index (χ1) is 9.29. The van der Waals surface area contributed by atoms with Crippen LogP contribution in [-0.4, -0.2) is 50.2 Å². The maximum absolute atomic E-state index is 12.0. The van der Waals surface area contributed by atoms with Crippen LogP contribution in [0.4, 0.5) is 13.2 Å². The van der Waals surface area contributed by atoms with E-state index < -0.39 is 36.8 Å². The Morgan fingerprint density at radius 2 is 2.15 bits per heavy atom. The molecule has 118 valence electrons. The lowest BCUT2D eigenvalue weighted by molar-refractivity contribution is -0.158. The van der Waals surface area contributed by atoms with Gasteiger partial charge in [0.15, 0.2) is 0 Å². The maximum Gasteiger partial charge on any atom is 0.389 e. The average Bonchev–Trinajstić information content (AvgIpc) is 2.39. The second-order valence-corrected chi connectivity index (χ2v) is 4.74. The van der Waals surface area contributed by atoms with E-state index in [1.807, 2.05) is 0 Å². The molecule has 0 aromatic carbocycles. The molecule has 0 amide bonds. The summed E-state index contributed by atoms with van der Waals surface area (Å²) in [6.45, 7) is 1.97. The van der Waals surface area contributed by atoms with Crippen molar-refractivity contribution >= 4 is 5.97 Å². The fourth-order valence-electron chi connectivity index (χ4n) is 1.79. The molecule has 0 spiro atoms. The molecule has 2 N–H and O–H groups in total. The van der Waals surface area contributed by atoms with E-state index in [1.165, 1.54) is 0 Å². The average molecular weight is 299 g/mol. The molecular formula is C12H20F3NO4. The highest BCUT2D eigenvalue weighted by Gasteiger charge is 2.29. The molecule has 0 bridgehead atoms. The van der Waals surface area contributed by atoms with Gasteiger partial charge in [0.1, 0.15) is 12.1 Å². The Labute approximate surface area is 115 Å². The van der Waals surface area contributed by atoms with E-state index in [-0.39, 0.29) is 19.6 Å². The van der Waals surface area contributed by atoms with Gasteiger partial charge in [-0.25, -0.2) is 0 Å². The summed E-state index contributed by atoms with van der Waals surface area (Å²) >= 11 is 0. The van der Waals surface area contributed by atoms with Crippen molar-refractivity contribution in [3.8, 4) is 0 Å². The number of cyclic esters (lactones) is 1. The van der Waals surface area contributed by atoms with Gasteiger partial charge in [0.05, 0.1) is 12.7 Å². The molecule has 5 nitrogen and oxygen atoms in total. The zero-order chi connectivity index (χ0) is 15.2. The number of hydrogen-bond acceptors (Lipinski definition) is 5. The Morgan fingerprint density at radius 3 is 2.80 bits per heavy atom. The van der Waals surface area contributed by atoms with Gasteiger partial charge in [-0.05, 0) is 13.3 Å². The van der Waals surface area contributed by atoms with E-state index >= 15 is 0 Å². The van der Waals surface area contributed by atoms with Crippen molar-refractivity contribution in [2.45, 2.75) is 50.6 Å². The molecule has 1 aliphatic heterocycles. The van der Waals surface area contributed by atoms with Crippen LogP contribution in [0.2, 0.25) is 0 Å². The van der Waals surface area contributed by atoms with E-state index in [2.05, 4.69) is 0 Å². The number of rotatable bonds is 4. The van der Waals surface area contributed by atoms with Gasteiger partial charge >= 0.3 is 12.1 Å². The summed E-state index contributed by atoms with van der Waals surface area (Å²) in [5.41, 5.74) is 5.53. The number of hydrogen-bond donors (Lipinski definition) is 1. The van der Waals surface area contributed by atoms with Gasteiger partial charge in [0, 0.05) is 26.1 Å². The third kappa shape index (κ3) is 6.53. The first kappa shape index (κ1) is 17.2. The topological polar surface area (TPSA) is 70.8 Å². The second-order valence-electron chi connectivity index (χ2n) is 4.74. The van der Waals surface area contributed by atoms with Crippen LogP contribution in [0.3, 0.4) is 0 Å². The molecule has 8 heteroatoms. The summed E-state index contributed by atoms with van der Waals surface area (Å²) in [5, 5.41) is 0. The molecule has 3 atom stereocenters. The van der Waals surface area contributed by atoms with Crippen molar-refractivity contribution < 1.29 is 32.2 Å². The highest BCUT2D eigenvalue weighted by atomic mass is 19.4. The standard InChI is InChI=1S/C12H20F3NO4/c1-8-10(19-5-2-4-12(13,14)15)3-6-18-7-9(16)11(17)20-8/h8-10H,2-7,16H2,1H3/t8-,9-,10+/m0/s1.